The highest BCUT2D eigenvalue weighted by Crippen LogP contribution is 2.20. The number of carboxylic acids is 1. The van der Waals surface area contributed by atoms with E-state index >= 15 is 0 Å². The van der Waals surface area contributed by atoms with Crippen LogP contribution in [0.4, 0.5) is 10.5 Å². The summed E-state index contributed by atoms with van der Waals surface area (Å²) < 4.78 is 0.592. The first-order chi connectivity index (χ1) is 8.97. The van der Waals surface area contributed by atoms with Gasteiger partial charge in [-0.05, 0) is 25.1 Å². The van der Waals surface area contributed by atoms with Crippen LogP contribution in [-0.2, 0) is 0 Å². The third-order valence-electron chi connectivity index (χ3n) is 2.41. The Morgan fingerprint density at radius 1 is 1.47 bits per heavy atom. The van der Waals surface area contributed by atoms with E-state index in [1.807, 2.05) is 6.92 Å². The van der Waals surface area contributed by atoms with Gasteiger partial charge in [0.1, 0.15) is 0 Å². The van der Waals surface area contributed by atoms with E-state index in [1.54, 1.807) is 17.0 Å². The van der Waals surface area contributed by atoms with Gasteiger partial charge in [0.25, 0.3) is 0 Å². The van der Waals surface area contributed by atoms with Crippen molar-refractivity contribution in [3.05, 3.63) is 40.9 Å². The number of rotatable bonds is 5. The molecule has 6 heteroatoms. The molecule has 0 saturated carbocycles. The van der Waals surface area contributed by atoms with Crippen LogP contribution in [0.1, 0.15) is 17.3 Å². The van der Waals surface area contributed by atoms with Crippen molar-refractivity contribution >= 4 is 33.6 Å². The second-order valence-electron chi connectivity index (χ2n) is 3.79. The number of amides is 2. The van der Waals surface area contributed by atoms with Crippen LogP contribution in [0.3, 0.4) is 0 Å². The molecular formula is C13H15BrN2O3. The molecule has 2 amide bonds. The topological polar surface area (TPSA) is 69.6 Å². The van der Waals surface area contributed by atoms with E-state index in [4.69, 9.17) is 5.11 Å². The summed E-state index contributed by atoms with van der Waals surface area (Å²) in [5.41, 5.74) is 0.538. The second kappa shape index (κ2) is 6.94. The molecule has 0 saturated heterocycles. The van der Waals surface area contributed by atoms with Gasteiger partial charge in [-0.2, -0.15) is 0 Å². The molecule has 1 rings (SSSR count). The molecule has 0 aliphatic rings. The van der Waals surface area contributed by atoms with Gasteiger partial charge < -0.3 is 15.3 Å². The fraction of sp³-hybridized carbons (Fsp3) is 0.231. The molecule has 1 aromatic rings. The zero-order valence-electron chi connectivity index (χ0n) is 10.5. The summed E-state index contributed by atoms with van der Waals surface area (Å²) in [6.45, 7) is 6.41. The summed E-state index contributed by atoms with van der Waals surface area (Å²) >= 11 is 3.21. The lowest BCUT2D eigenvalue weighted by molar-refractivity contribution is 0.0697. The van der Waals surface area contributed by atoms with Gasteiger partial charge in [-0.15, -0.1) is 6.58 Å². The minimum absolute atomic E-state index is 0.108. The molecule has 0 aromatic heterocycles. The van der Waals surface area contributed by atoms with Crippen LogP contribution >= 0.6 is 15.9 Å². The largest absolute Gasteiger partial charge is 0.478 e. The fourth-order valence-electron chi connectivity index (χ4n) is 1.50. The fourth-order valence-corrected chi connectivity index (χ4v) is 1.99. The SMILES string of the molecule is C=CCN(CC)C(=O)Nc1cc(Br)cc(C(=O)O)c1. The molecule has 0 aliphatic heterocycles. The van der Waals surface area contributed by atoms with Crippen molar-refractivity contribution < 1.29 is 14.7 Å². The quantitative estimate of drug-likeness (QED) is 0.816. The number of hydrogen-bond donors (Lipinski definition) is 2. The van der Waals surface area contributed by atoms with E-state index in [1.165, 1.54) is 12.1 Å². The first kappa shape index (κ1) is 15.2. The Balaban J connectivity index is 2.89. The Hall–Kier alpha value is -1.82. The van der Waals surface area contributed by atoms with Crippen molar-refractivity contribution in [3.63, 3.8) is 0 Å². The smallest absolute Gasteiger partial charge is 0.335 e. The van der Waals surface area contributed by atoms with Gasteiger partial charge in [0.15, 0.2) is 0 Å². The summed E-state index contributed by atoms with van der Waals surface area (Å²) in [7, 11) is 0. The van der Waals surface area contributed by atoms with E-state index in [-0.39, 0.29) is 11.6 Å². The number of benzene rings is 1. The molecule has 0 aliphatic carbocycles. The molecule has 19 heavy (non-hydrogen) atoms. The Morgan fingerprint density at radius 2 is 2.16 bits per heavy atom. The van der Waals surface area contributed by atoms with Crippen molar-refractivity contribution in [3.8, 4) is 0 Å². The van der Waals surface area contributed by atoms with Gasteiger partial charge in [-0.25, -0.2) is 9.59 Å². The Morgan fingerprint density at radius 3 is 2.68 bits per heavy atom. The zero-order valence-corrected chi connectivity index (χ0v) is 12.1. The maximum Gasteiger partial charge on any atom is 0.335 e. The molecule has 0 fully saturated rings. The average Bonchev–Trinajstić information content (AvgIpc) is 2.34. The monoisotopic (exact) mass is 326 g/mol. The number of carbonyl (C=O) groups excluding carboxylic acids is 1. The number of hydrogen-bond acceptors (Lipinski definition) is 2. The van der Waals surface area contributed by atoms with Crippen molar-refractivity contribution in [1.82, 2.24) is 4.90 Å². The Labute approximate surface area is 120 Å². The van der Waals surface area contributed by atoms with Gasteiger partial charge in [0.2, 0.25) is 0 Å². The number of likely N-dealkylation sites (N-methyl/N-ethyl adjacent to an activating group) is 1. The van der Waals surface area contributed by atoms with Gasteiger partial charge in [-0.3, -0.25) is 0 Å². The third-order valence-corrected chi connectivity index (χ3v) is 2.87. The van der Waals surface area contributed by atoms with Crippen molar-refractivity contribution in [1.29, 1.82) is 0 Å². The number of nitrogens with one attached hydrogen (secondary N) is 1. The minimum atomic E-state index is -1.05. The van der Waals surface area contributed by atoms with Gasteiger partial charge in [0, 0.05) is 23.2 Å². The predicted molar refractivity (Wildman–Crippen MR) is 77.6 cm³/mol. The summed E-state index contributed by atoms with van der Waals surface area (Å²) in [4.78, 5) is 24.4. The predicted octanol–water partition coefficient (Wildman–Crippen LogP) is 3.19. The van der Waals surface area contributed by atoms with Crippen molar-refractivity contribution in [2.75, 3.05) is 18.4 Å². The third kappa shape index (κ3) is 4.40. The van der Waals surface area contributed by atoms with Crippen LogP contribution in [0.15, 0.2) is 35.3 Å². The highest BCUT2D eigenvalue weighted by atomic mass is 79.9. The Kier molecular flexibility index (Phi) is 5.57. The number of halogens is 1. The molecule has 5 nitrogen and oxygen atoms in total. The maximum absolute atomic E-state index is 11.9. The lowest BCUT2D eigenvalue weighted by Gasteiger charge is -2.19. The van der Waals surface area contributed by atoms with Crippen LogP contribution in [0.5, 0.6) is 0 Å². The average molecular weight is 327 g/mol. The van der Waals surface area contributed by atoms with E-state index in [0.717, 1.165) is 0 Å². The van der Waals surface area contributed by atoms with Crippen LogP contribution in [0.25, 0.3) is 0 Å². The standard InChI is InChI=1S/C13H15BrN2O3/c1-3-5-16(4-2)13(19)15-11-7-9(12(17)18)6-10(14)8-11/h3,6-8H,1,4-5H2,2H3,(H,15,19)(H,17,18). The molecule has 102 valence electrons. The number of aromatic carboxylic acids is 1. The zero-order chi connectivity index (χ0) is 14.4. The van der Waals surface area contributed by atoms with Crippen molar-refractivity contribution in [2.24, 2.45) is 0 Å². The van der Waals surface area contributed by atoms with Crippen molar-refractivity contribution in [2.45, 2.75) is 6.92 Å². The van der Waals surface area contributed by atoms with E-state index in [9.17, 15) is 9.59 Å². The van der Waals surface area contributed by atoms with Crippen LogP contribution < -0.4 is 5.32 Å². The maximum atomic E-state index is 11.9. The van der Waals surface area contributed by atoms with Gasteiger partial charge >= 0.3 is 12.0 Å². The second-order valence-corrected chi connectivity index (χ2v) is 4.71. The van der Waals surface area contributed by atoms with E-state index in [2.05, 4.69) is 27.8 Å². The van der Waals surface area contributed by atoms with Crippen LogP contribution in [0.2, 0.25) is 0 Å². The van der Waals surface area contributed by atoms with Crippen LogP contribution in [-0.4, -0.2) is 35.1 Å². The number of anilines is 1. The molecule has 0 unspecified atom stereocenters. The lowest BCUT2D eigenvalue weighted by Crippen LogP contribution is -2.34. The molecule has 0 atom stereocenters. The van der Waals surface area contributed by atoms with E-state index < -0.39 is 5.97 Å². The number of carboxylic acid groups (broad SMARTS) is 1. The van der Waals surface area contributed by atoms with E-state index in [0.29, 0.717) is 23.2 Å². The summed E-state index contributed by atoms with van der Waals surface area (Å²) in [5.74, 6) is -1.05. The molecule has 0 heterocycles. The molecule has 2 N–H and O–H groups in total. The highest BCUT2D eigenvalue weighted by Gasteiger charge is 2.12. The normalized spacial score (nSPS) is 9.79. The van der Waals surface area contributed by atoms with Gasteiger partial charge in [-0.1, -0.05) is 22.0 Å². The molecule has 0 bridgehead atoms. The number of nitrogens with zero attached hydrogens (tertiary/aromatic N) is 1. The summed E-state index contributed by atoms with van der Waals surface area (Å²) in [6.07, 6.45) is 1.63. The summed E-state index contributed by atoms with van der Waals surface area (Å²) in [6, 6.07) is 4.23. The van der Waals surface area contributed by atoms with Crippen LogP contribution in [0, 0.1) is 0 Å². The lowest BCUT2D eigenvalue weighted by atomic mass is 10.2. The molecule has 0 spiro atoms. The minimum Gasteiger partial charge on any atom is -0.478 e. The summed E-state index contributed by atoms with van der Waals surface area (Å²) in [5, 5.41) is 11.6. The molecule has 1 aromatic carbocycles. The highest BCUT2D eigenvalue weighted by molar-refractivity contribution is 9.10. The molecular weight excluding hydrogens is 312 g/mol. The first-order valence-electron chi connectivity index (χ1n) is 5.68. The number of carbonyl (C=O) groups is 2. The first-order valence-corrected chi connectivity index (χ1v) is 6.48. The van der Waals surface area contributed by atoms with Gasteiger partial charge in [0.05, 0.1) is 5.56 Å². The Bertz CT molecular complexity index is 503. The number of urea groups is 1. The molecule has 0 radical (unpaired) electrons.